The van der Waals surface area contributed by atoms with Crippen LogP contribution in [0.5, 0.6) is 0 Å². The average molecular weight is 356 g/mol. The van der Waals surface area contributed by atoms with E-state index in [1.807, 2.05) is 30.3 Å². The maximum Gasteiger partial charge on any atom is 0.337 e. The van der Waals surface area contributed by atoms with Crippen molar-refractivity contribution in [2.45, 2.75) is 19.3 Å². The lowest BCUT2D eigenvalue weighted by molar-refractivity contribution is 0.0600. The summed E-state index contributed by atoms with van der Waals surface area (Å²) in [6.45, 7) is 2.09. The monoisotopic (exact) mass is 356 g/mol. The van der Waals surface area contributed by atoms with Crippen LogP contribution in [0.2, 0.25) is 0 Å². The largest absolute Gasteiger partial charge is 0.465 e. The first-order valence-electron chi connectivity index (χ1n) is 9.13. The van der Waals surface area contributed by atoms with Gasteiger partial charge in [-0.25, -0.2) is 4.79 Å². The minimum absolute atomic E-state index is 0.223. The topological polar surface area (TPSA) is 26.3 Å². The first-order chi connectivity index (χ1) is 13.2. The summed E-state index contributed by atoms with van der Waals surface area (Å²) in [4.78, 5) is 11.7. The molecule has 0 aliphatic carbocycles. The van der Waals surface area contributed by atoms with Crippen LogP contribution in [0.4, 0.5) is 0 Å². The predicted molar refractivity (Wildman–Crippen MR) is 111 cm³/mol. The minimum Gasteiger partial charge on any atom is -0.465 e. The Kier molecular flexibility index (Phi) is 6.22. The number of ether oxygens (including phenoxy) is 1. The third-order valence-electron chi connectivity index (χ3n) is 4.66. The van der Waals surface area contributed by atoms with Gasteiger partial charge in [0.15, 0.2) is 0 Å². The molecule has 0 aliphatic rings. The van der Waals surface area contributed by atoms with E-state index < -0.39 is 0 Å². The van der Waals surface area contributed by atoms with Gasteiger partial charge in [-0.1, -0.05) is 84.4 Å². The fraction of sp³-hybridized carbons (Fsp3) is 0.160. The van der Waals surface area contributed by atoms with Crippen LogP contribution in [0.3, 0.4) is 0 Å². The Morgan fingerprint density at radius 3 is 2.22 bits per heavy atom. The molecule has 3 aromatic carbocycles. The number of hydrogen-bond donors (Lipinski definition) is 0. The van der Waals surface area contributed by atoms with Gasteiger partial charge >= 0.3 is 5.97 Å². The summed E-state index contributed by atoms with van der Waals surface area (Å²) in [6, 6.07) is 26.7. The first-order valence-corrected chi connectivity index (χ1v) is 9.13. The molecular weight excluding hydrogens is 332 g/mol. The van der Waals surface area contributed by atoms with Crippen molar-refractivity contribution in [2.75, 3.05) is 7.11 Å². The fourth-order valence-corrected chi connectivity index (χ4v) is 3.05. The second-order valence-corrected chi connectivity index (χ2v) is 6.68. The maximum absolute atomic E-state index is 11.7. The average Bonchev–Trinajstić information content (AvgIpc) is 2.72. The van der Waals surface area contributed by atoms with E-state index in [-0.39, 0.29) is 11.9 Å². The number of aryl methyl sites for hydroxylation is 1. The Morgan fingerprint density at radius 1 is 0.926 bits per heavy atom. The zero-order valence-electron chi connectivity index (χ0n) is 15.8. The lowest BCUT2D eigenvalue weighted by atomic mass is 9.90. The van der Waals surface area contributed by atoms with Gasteiger partial charge in [-0.3, -0.25) is 0 Å². The summed E-state index contributed by atoms with van der Waals surface area (Å²) < 4.78 is 4.79. The van der Waals surface area contributed by atoms with Crippen molar-refractivity contribution < 1.29 is 9.53 Å². The van der Waals surface area contributed by atoms with E-state index in [0.717, 1.165) is 6.42 Å². The smallest absolute Gasteiger partial charge is 0.337 e. The Morgan fingerprint density at radius 2 is 1.59 bits per heavy atom. The predicted octanol–water partition coefficient (Wildman–Crippen LogP) is 5.82. The molecule has 1 atom stereocenters. The molecule has 0 radical (unpaired) electrons. The molecule has 0 bridgehead atoms. The van der Waals surface area contributed by atoms with Crippen molar-refractivity contribution in [3.8, 4) is 0 Å². The van der Waals surface area contributed by atoms with E-state index in [9.17, 15) is 4.79 Å². The Balaban J connectivity index is 1.87. The van der Waals surface area contributed by atoms with Crippen molar-refractivity contribution in [1.82, 2.24) is 0 Å². The number of benzene rings is 3. The highest BCUT2D eigenvalue weighted by Crippen LogP contribution is 2.24. The van der Waals surface area contributed by atoms with E-state index >= 15 is 0 Å². The van der Waals surface area contributed by atoms with Crippen LogP contribution in [-0.4, -0.2) is 13.1 Å². The van der Waals surface area contributed by atoms with Gasteiger partial charge in [-0.05, 0) is 42.2 Å². The lowest BCUT2D eigenvalue weighted by Gasteiger charge is -2.14. The quantitative estimate of drug-likeness (QED) is 0.520. The molecule has 0 aliphatic heterocycles. The van der Waals surface area contributed by atoms with Gasteiger partial charge in [-0.15, -0.1) is 0 Å². The molecule has 0 aromatic heterocycles. The molecular formula is C25H24O2. The third-order valence-corrected chi connectivity index (χ3v) is 4.66. The number of hydrogen-bond acceptors (Lipinski definition) is 2. The van der Waals surface area contributed by atoms with Crippen LogP contribution in [0.1, 0.15) is 38.5 Å². The van der Waals surface area contributed by atoms with E-state index in [2.05, 4.69) is 67.6 Å². The number of esters is 1. The molecule has 136 valence electrons. The van der Waals surface area contributed by atoms with Crippen molar-refractivity contribution in [1.29, 1.82) is 0 Å². The van der Waals surface area contributed by atoms with E-state index in [1.54, 1.807) is 0 Å². The molecule has 0 saturated heterocycles. The number of allylic oxidation sites excluding steroid dienone is 1. The summed E-state index contributed by atoms with van der Waals surface area (Å²) in [5, 5.41) is 0. The Hall–Kier alpha value is -3.13. The zero-order chi connectivity index (χ0) is 19.1. The molecule has 0 amide bonds. The normalized spacial score (nSPS) is 12.1. The number of carbonyl (C=O) groups is 1. The highest BCUT2D eigenvalue weighted by atomic mass is 16.5. The highest BCUT2D eigenvalue weighted by molar-refractivity contribution is 5.89. The molecule has 2 nitrogen and oxygen atoms in total. The number of carbonyl (C=O) groups excluding carboxylic acids is 1. The molecule has 27 heavy (non-hydrogen) atoms. The molecule has 1 unspecified atom stereocenters. The van der Waals surface area contributed by atoms with Crippen molar-refractivity contribution >= 4 is 12.0 Å². The number of methoxy groups -OCH3 is 1. The lowest BCUT2D eigenvalue weighted by Crippen LogP contribution is -2.03. The van der Waals surface area contributed by atoms with Crippen molar-refractivity contribution in [2.24, 2.45) is 0 Å². The number of rotatable bonds is 6. The van der Waals surface area contributed by atoms with Gasteiger partial charge in [0.05, 0.1) is 12.7 Å². The van der Waals surface area contributed by atoms with Crippen LogP contribution in [0, 0.1) is 6.92 Å². The Bertz CT molecular complexity index is 891. The molecule has 3 aromatic rings. The van der Waals surface area contributed by atoms with E-state index in [0.29, 0.717) is 5.56 Å². The standard InChI is InChI=1S/C25H24O2/c1-19-8-10-20(11-9-19)12-13-24(18-21-6-4-3-5-7-21)22-14-16-23(17-15-22)25(26)27-2/h3-17,24H,18H2,1-2H3. The summed E-state index contributed by atoms with van der Waals surface area (Å²) >= 11 is 0. The van der Waals surface area contributed by atoms with Gasteiger partial charge in [0.2, 0.25) is 0 Å². The molecule has 0 saturated carbocycles. The maximum atomic E-state index is 11.7. The summed E-state index contributed by atoms with van der Waals surface area (Å²) in [7, 11) is 1.40. The van der Waals surface area contributed by atoms with Crippen LogP contribution in [0.15, 0.2) is 84.9 Å². The fourth-order valence-electron chi connectivity index (χ4n) is 3.05. The van der Waals surface area contributed by atoms with Gasteiger partial charge < -0.3 is 4.74 Å². The summed E-state index contributed by atoms with van der Waals surface area (Å²) in [6.07, 6.45) is 5.31. The van der Waals surface area contributed by atoms with Crippen LogP contribution < -0.4 is 0 Å². The summed E-state index contributed by atoms with van der Waals surface area (Å²) in [5.41, 5.74) is 5.47. The molecule has 0 heterocycles. The van der Waals surface area contributed by atoms with Crippen LogP contribution in [-0.2, 0) is 11.2 Å². The molecule has 0 N–H and O–H groups in total. The molecule has 2 heteroatoms. The first kappa shape index (κ1) is 18.7. The van der Waals surface area contributed by atoms with Gasteiger partial charge in [0, 0.05) is 5.92 Å². The molecule has 0 spiro atoms. The van der Waals surface area contributed by atoms with Crippen molar-refractivity contribution in [3.05, 3.63) is 113 Å². The summed E-state index contributed by atoms with van der Waals surface area (Å²) in [5.74, 6) is -0.0863. The SMILES string of the molecule is COC(=O)c1ccc(C(C=Cc2ccc(C)cc2)Cc2ccccc2)cc1. The highest BCUT2D eigenvalue weighted by Gasteiger charge is 2.11. The third kappa shape index (κ3) is 5.18. The van der Waals surface area contributed by atoms with Crippen LogP contribution in [0.25, 0.3) is 6.08 Å². The van der Waals surface area contributed by atoms with Crippen LogP contribution >= 0.6 is 0 Å². The molecule has 3 rings (SSSR count). The molecule has 0 fully saturated rings. The van der Waals surface area contributed by atoms with Gasteiger partial charge in [0.1, 0.15) is 0 Å². The minimum atomic E-state index is -0.309. The second kappa shape index (κ2) is 9.00. The zero-order valence-corrected chi connectivity index (χ0v) is 15.8. The van der Waals surface area contributed by atoms with E-state index in [1.165, 1.54) is 29.4 Å². The second-order valence-electron chi connectivity index (χ2n) is 6.68. The van der Waals surface area contributed by atoms with Gasteiger partial charge in [0.25, 0.3) is 0 Å². The Labute approximate surface area is 161 Å². The van der Waals surface area contributed by atoms with Crippen molar-refractivity contribution in [3.63, 3.8) is 0 Å². The van der Waals surface area contributed by atoms with E-state index in [4.69, 9.17) is 4.74 Å². The van der Waals surface area contributed by atoms with Gasteiger partial charge in [-0.2, -0.15) is 0 Å².